The number of benzene rings is 2. The van der Waals surface area contributed by atoms with Crippen LogP contribution in [-0.4, -0.2) is 5.11 Å². The Balaban J connectivity index is 2.25. The number of aliphatic hydroxyl groups excluding tert-OH is 1. The zero-order valence-corrected chi connectivity index (χ0v) is 13.3. The number of aliphatic hydroxyl groups is 1. The first kappa shape index (κ1) is 14.6. The number of halogens is 2. The van der Waals surface area contributed by atoms with Gasteiger partial charge in [0.15, 0.2) is 0 Å². The minimum Gasteiger partial charge on any atom is -0.388 e. The Labute approximate surface area is 127 Å². The van der Waals surface area contributed by atoms with Crippen LogP contribution < -0.4 is 0 Å². The van der Waals surface area contributed by atoms with Crippen LogP contribution in [0, 0.1) is 13.8 Å². The topological polar surface area (TPSA) is 20.2 Å². The quantitative estimate of drug-likeness (QED) is 0.834. The van der Waals surface area contributed by atoms with Gasteiger partial charge in [0.05, 0.1) is 6.10 Å². The molecule has 0 aromatic heterocycles. The predicted octanol–water partition coefficient (Wildman–Crippen LogP) is 5.00. The molecule has 0 fully saturated rings. The fraction of sp³-hybridized carbons (Fsp3) is 0.250. The second-order valence-corrected chi connectivity index (χ2v) is 6.07. The molecule has 2 aromatic carbocycles. The molecule has 0 bridgehead atoms. The van der Waals surface area contributed by atoms with E-state index in [-0.39, 0.29) is 0 Å². The van der Waals surface area contributed by atoms with Crippen LogP contribution in [0.2, 0.25) is 5.02 Å². The number of hydrogen-bond acceptors (Lipinski definition) is 1. The fourth-order valence-electron chi connectivity index (χ4n) is 2.14. The van der Waals surface area contributed by atoms with Crippen molar-refractivity contribution in [3.63, 3.8) is 0 Å². The highest BCUT2D eigenvalue weighted by molar-refractivity contribution is 9.10. The molecule has 2 rings (SSSR count). The van der Waals surface area contributed by atoms with Crippen molar-refractivity contribution < 1.29 is 5.11 Å². The van der Waals surface area contributed by atoms with Gasteiger partial charge in [-0.3, -0.25) is 0 Å². The maximum absolute atomic E-state index is 10.4. The van der Waals surface area contributed by atoms with Crippen molar-refractivity contribution in [1.29, 1.82) is 0 Å². The third kappa shape index (κ3) is 3.38. The molecule has 2 aromatic rings. The van der Waals surface area contributed by atoms with Gasteiger partial charge in [-0.2, -0.15) is 0 Å². The zero-order valence-electron chi connectivity index (χ0n) is 11.0. The van der Waals surface area contributed by atoms with Gasteiger partial charge < -0.3 is 5.11 Å². The number of hydrogen-bond donors (Lipinski definition) is 1. The van der Waals surface area contributed by atoms with Gasteiger partial charge >= 0.3 is 0 Å². The van der Waals surface area contributed by atoms with E-state index in [1.807, 2.05) is 37.3 Å². The van der Waals surface area contributed by atoms with Crippen molar-refractivity contribution in [2.24, 2.45) is 0 Å². The van der Waals surface area contributed by atoms with Gasteiger partial charge in [-0.05, 0) is 48.2 Å². The first-order valence-corrected chi connectivity index (χ1v) is 7.34. The summed E-state index contributed by atoms with van der Waals surface area (Å²) in [5.74, 6) is 0. The molecule has 0 spiro atoms. The van der Waals surface area contributed by atoms with Crippen LogP contribution in [0.1, 0.15) is 28.4 Å². The highest BCUT2D eigenvalue weighted by atomic mass is 79.9. The predicted molar refractivity (Wildman–Crippen MR) is 83.7 cm³/mol. The summed E-state index contributed by atoms with van der Waals surface area (Å²) in [6.07, 6.45) is -0.00488. The molecular formula is C16H16BrClO. The highest BCUT2D eigenvalue weighted by Crippen LogP contribution is 2.28. The van der Waals surface area contributed by atoms with Crippen LogP contribution in [0.3, 0.4) is 0 Å². The Hall–Kier alpha value is -0.830. The average Bonchev–Trinajstić information content (AvgIpc) is 2.36. The van der Waals surface area contributed by atoms with Gasteiger partial charge in [-0.25, -0.2) is 0 Å². The summed E-state index contributed by atoms with van der Waals surface area (Å²) in [7, 11) is 0. The summed E-state index contributed by atoms with van der Waals surface area (Å²) in [5.41, 5.74) is 4.26. The van der Waals surface area contributed by atoms with E-state index in [4.69, 9.17) is 11.6 Å². The normalized spacial score (nSPS) is 12.5. The maximum atomic E-state index is 10.4. The van der Waals surface area contributed by atoms with Crippen molar-refractivity contribution in [2.45, 2.75) is 26.4 Å². The third-order valence-corrected chi connectivity index (χ3v) is 4.28. The molecule has 0 amide bonds. The van der Waals surface area contributed by atoms with E-state index < -0.39 is 6.10 Å². The second kappa shape index (κ2) is 6.08. The van der Waals surface area contributed by atoms with E-state index in [9.17, 15) is 5.11 Å². The van der Waals surface area contributed by atoms with Crippen molar-refractivity contribution >= 4 is 27.5 Å². The van der Waals surface area contributed by atoms with Gasteiger partial charge in [0.2, 0.25) is 0 Å². The first-order chi connectivity index (χ1) is 8.99. The Morgan fingerprint density at radius 3 is 2.63 bits per heavy atom. The van der Waals surface area contributed by atoms with E-state index in [2.05, 4.69) is 28.9 Å². The molecule has 3 heteroatoms. The van der Waals surface area contributed by atoms with E-state index in [1.165, 1.54) is 5.56 Å². The van der Waals surface area contributed by atoms with Gasteiger partial charge in [-0.1, -0.05) is 51.8 Å². The smallest absolute Gasteiger partial charge is 0.0833 e. The van der Waals surface area contributed by atoms with Crippen LogP contribution in [0.25, 0.3) is 0 Å². The van der Waals surface area contributed by atoms with E-state index in [0.717, 1.165) is 21.2 Å². The van der Waals surface area contributed by atoms with Crippen LogP contribution in [-0.2, 0) is 6.42 Å². The monoisotopic (exact) mass is 338 g/mol. The summed E-state index contributed by atoms with van der Waals surface area (Å²) >= 11 is 9.57. The van der Waals surface area contributed by atoms with Crippen molar-refractivity contribution in [2.75, 3.05) is 0 Å². The SMILES string of the molecule is Cc1cccc(C(O)Cc2ccc(Br)cc2Cl)c1C. The molecule has 0 saturated carbocycles. The molecule has 1 nitrogen and oxygen atoms in total. The van der Waals surface area contributed by atoms with Crippen LogP contribution in [0.5, 0.6) is 0 Å². The summed E-state index contributed by atoms with van der Waals surface area (Å²) in [6.45, 7) is 4.09. The lowest BCUT2D eigenvalue weighted by molar-refractivity contribution is 0.177. The van der Waals surface area contributed by atoms with Gasteiger partial charge in [0.25, 0.3) is 0 Å². The third-order valence-electron chi connectivity index (χ3n) is 3.43. The molecule has 0 heterocycles. The van der Waals surface area contributed by atoms with Crippen molar-refractivity contribution in [1.82, 2.24) is 0 Å². The molecule has 1 N–H and O–H groups in total. The molecule has 0 radical (unpaired) electrons. The Morgan fingerprint density at radius 2 is 1.95 bits per heavy atom. The van der Waals surface area contributed by atoms with Crippen LogP contribution >= 0.6 is 27.5 Å². The molecule has 0 aliphatic carbocycles. The molecular weight excluding hydrogens is 324 g/mol. The van der Waals surface area contributed by atoms with Crippen LogP contribution in [0.4, 0.5) is 0 Å². The lowest BCUT2D eigenvalue weighted by Crippen LogP contribution is -2.05. The fourth-order valence-corrected chi connectivity index (χ4v) is 2.89. The summed E-state index contributed by atoms with van der Waals surface area (Å²) < 4.78 is 0.947. The maximum Gasteiger partial charge on any atom is 0.0833 e. The number of aryl methyl sites for hydroxylation is 1. The Bertz CT molecular complexity index is 595. The highest BCUT2D eigenvalue weighted by Gasteiger charge is 2.14. The average molecular weight is 340 g/mol. The molecule has 0 saturated heterocycles. The Morgan fingerprint density at radius 1 is 1.21 bits per heavy atom. The summed E-state index contributed by atoms with van der Waals surface area (Å²) in [4.78, 5) is 0. The first-order valence-electron chi connectivity index (χ1n) is 6.17. The van der Waals surface area contributed by atoms with Gasteiger partial charge in [0, 0.05) is 15.9 Å². The van der Waals surface area contributed by atoms with E-state index in [0.29, 0.717) is 11.4 Å². The minimum absolute atomic E-state index is 0.524. The van der Waals surface area contributed by atoms with Crippen molar-refractivity contribution in [3.8, 4) is 0 Å². The zero-order chi connectivity index (χ0) is 14.0. The molecule has 100 valence electrons. The Kier molecular flexibility index (Phi) is 4.67. The molecule has 1 unspecified atom stereocenters. The lowest BCUT2D eigenvalue weighted by atomic mass is 9.95. The van der Waals surface area contributed by atoms with E-state index >= 15 is 0 Å². The molecule has 0 aliphatic heterocycles. The lowest BCUT2D eigenvalue weighted by Gasteiger charge is -2.16. The summed E-state index contributed by atoms with van der Waals surface area (Å²) in [6, 6.07) is 11.7. The molecule has 19 heavy (non-hydrogen) atoms. The summed E-state index contributed by atoms with van der Waals surface area (Å²) in [5, 5.41) is 11.1. The van der Waals surface area contributed by atoms with Gasteiger partial charge in [-0.15, -0.1) is 0 Å². The molecule has 0 aliphatic rings. The molecule has 1 atom stereocenters. The minimum atomic E-state index is -0.529. The van der Waals surface area contributed by atoms with Crippen LogP contribution in [0.15, 0.2) is 40.9 Å². The van der Waals surface area contributed by atoms with E-state index in [1.54, 1.807) is 0 Å². The van der Waals surface area contributed by atoms with Gasteiger partial charge in [0.1, 0.15) is 0 Å². The second-order valence-electron chi connectivity index (χ2n) is 4.74. The van der Waals surface area contributed by atoms with Crippen molar-refractivity contribution in [3.05, 3.63) is 68.1 Å². The standard InChI is InChI=1S/C16H16BrClO/c1-10-4-3-5-14(11(10)2)16(19)8-12-6-7-13(17)9-15(12)18/h3-7,9,16,19H,8H2,1-2H3. The number of rotatable bonds is 3. The largest absolute Gasteiger partial charge is 0.388 e.